The molecular formula is C13H18N2O2. The number of rotatable bonds is 5. The van der Waals surface area contributed by atoms with E-state index in [1.165, 1.54) is 5.56 Å². The van der Waals surface area contributed by atoms with Gasteiger partial charge in [0.1, 0.15) is 11.9 Å². The van der Waals surface area contributed by atoms with Crippen molar-refractivity contribution in [3.8, 4) is 5.75 Å². The second kappa shape index (κ2) is 5.68. The lowest BCUT2D eigenvalue weighted by atomic mass is 10.1. The molecule has 0 fully saturated rings. The van der Waals surface area contributed by atoms with Crippen molar-refractivity contribution >= 4 is 5.90 Å². The monoisotopic (exact) mass is 234 g/mol. The van der Waals surface area contributed by atoms with Crippen LogP contribution in [-0.2, 0) is 11.2 Å². The molecule has 4 heteroatoms. The van der Waals surface area contributed by atoms with Gasteiger partial charge in [-0.05, 0) is 30.7 Å². The summed E-state index contributed by atoms with van der Waals surface area (Å²) in [5.41, 5.74) is 6.67. The number of benzene rings is 1. The molecule has 0 radical (unpaired) electrons. The minimum absolute atomic E-state index is 0.174. The molecule has 0 amide bonds. The van der Waals surface area contributed by atoms with Gasteiger partial charge in [-0.25, -0.2) is 0 Å². The van der Waals surface area contributed by atoms with Gasteiger partial charge in [-0.3, -0.25) is 4.99 Å². The smallest absolute Gasteiger partial charge is 0.188 e. The van der Waals surface area contributed by atoms with Crippen LogP contribution in [0.15, 0.2) is 29.3 Å². The number of nitrogens with zero attached hydrogens (tertiary/aromatic N) is 1. The van der Waals surface area contributed by atoms with Gasteiger partial charge in [0.25, 0.3) is 0 Å². The number of nitrogens with two attached hydrogens (primary N) is 1. The molecule has 1 aromatic carbocycles. The molecule has 1 unspecified atom stereocenters. The summed E-state index contributed by atoms with van der Waals surface area (Å²) < 4.78 is 10.8. The number of methoxy groups -OCH3 is 1. The minimum Gasteiger partial charge on any atom is -0.497 e. The predicted octanol–water partition coefficient (Wildman–Crippen LogP) is 1.38. The molecule has 0 saturated heterocycles. The van der Waals surface area contributed by atoms with E-state index >= 15 is 0 Å². The lowest BCUT2D eigenvalue weighted by molar-refractivity contribution is 0.212. The molecule has 1 aliphatic rings. The summed E-state index contributed by atoms with van der Waals surface area (Å²) in [5, 5.41) is 0. The maximum absolute atomic E-state index is 5.70. The highest BCUT2D eigenvalue weighted by Gasteiger charge is 2.18. The molecule has 0 saturated carbocycles. The van der Waals surface area contributed by atoms with Crippen molar-refractivity contribution in [3.63, 3.8) is 0 Å². The molecule has 4 nitrogen and oxygen atoms in total. The Bertz CT molecular complexity index is 387. The van der Waals surface area contributed by atoms with Crippen molar-refractivity contribution in [2.75, 3.05) is 20.2 Å². The Kier molecular flexibility index (Phi) is 3.98. The summed E-state index contributed by atoms with van der Waals surface area (Å²) in [4.78, 5) is 4.38. The third-order valence-corrected chi connectivity index (χ3v) is 2.78. The van der Waals surface area contributed by atoms with Crippen LogP contribution in [0.2, 0.25) is 0 Å². The molecule has 0 aliphatic carbocycles. The van der Waals surface area contributed by atoms with E-state index in [2.05, 4.69) is 4.99 Å². The Morgan fingerprint density at radius 3 is 2.82 bits per heavy atom. The second-order valence-electron chi connectivity index (χ2n) is 4.08. The first-order valence-corrected chi connectivity index (χ1v) is 5.85. The lowest BCUT2D eigenvalue weighted by Gasteiger charge is -2.09. The molecule has 92 valence electrons. The van der Waals surface area contributed by atoms with E-state index < -0.39 is 0 Å². The maximum atomic E-state index is 5.70. The first kappa shape index (κ1) is 11.9. The lowest BCUT2D eigenvalue weighted by Crippen LogP contribution is -2.18. The molecular weight excluding hydrogens is 216 g/mol. The summed E-state index contributed by atoms with van der Waals surface area (Å²) in [5.74, 6) is 1.68. The summed E-state index contributed by atoms with van der Waals surface area (Å²) in [6.45, 7) is 1.39. The summed E-state index contributed by atoms with van der Waals surface area (Å²) in [7, 11) is 1.66. The Labute approximate surface area is 101 Å². The highest BCUT2D eigenvalue weighted by atomic mass is 16.5. The van der Waals surface area contributed by atoms with Crippen LogP contribution in [0.3, 0.4) is 0 Å². The van der Waals surface area contributed by atoms with Crippen LogP contribution >= 0.6 is 0 Å². The van der Waals surface area contributed by atoms with Crippen molar-refractivity contribution < 1.29 is 9.47 Å². The van der Waals surface area contributed by atoms with Crippen molar-refractivity contribution in [2.45, 2.75) is 18.9 Å². The zero-order chi connectivity index (χ0) is 12.1. The van der Waals surface area contributed by atoms with Crippen LogP contribution in [0.4, 0.5) is 0 Å². The van der Waals surface area contributed by atoms with Gasteiger partial charge in [-0.2, -0.15) is 0 Å². The third-order valence-electron chi connectivity index (χ3n) is 2.78. The van der Waals surface area contributed by atoms with Crippen LogP contribution < -0.4 is 10.5 Å². The molecule has 1 aromatic rings. The van der Waals surface area contributed by atoms with Crippen molar-refractivity contribution in [3.05, 3.63) is 29.8 Å². The topological polar surface area (TPSA) is 56.8 Å². The van der Waals surface area contributed by atoms with E-state index in [0.717, 1.165) is 31.0 Å². The highest BCUT2D eigenvalue weighted by molar-refractivity contribution is 5.80. The van der Waals surface area contributed by atoms with Gasteiger partial charge in [0.2, 0.25) is 0 Å². The summed E-state index contributed by atoms with van der Waals surface area (Å²) in [6.07, 6.45) is 1.79. The molecule has 0 spiro atoms. The zero-order valence-electron chi connectivity index (χ0n) is 10.1. The van der Waals surface area contributed by atoms with Gasteiger partial charge in [0.15, 0.2) is 5.90 Å². The predicted molar refractivity (Wildman–Crippen MR) is 67.5 cm³/mol. The Hall–Kier alpha value is -1.55. The van der Waals surface area contributed by atoms with Gasteiger partial charge in [-0.1, -0.05) is 12.1 Å². The average Bonchev–Trinajstić information content (AvgIpc) is 2.78. The third kappa shape index (κ3) is 3.20. The number of ether oxygens (including phenoxy) is 2. The fourth-order valence-electron chi connectivity index (χ4n) is 1.82. The van der Waals surface area contributed by atoms with E-state index in [0.29, 0.717) is 6.54 Å². The minimum atomic E-state index is 0.174. The van der Waals surface area contributed by atoms with Gasteiger partial charge in [-0.15, -0.1) is 0 Å². The molecule has 17 heavy (non-hydrogen) atoms. The van der Waals surface area contributed by atoms with Crippen molar-refractivity contribution in [2.24, 2.45) is 10.7 Å². The maximum Gasteiger partial charge on any atom is 0.188 e. The SMILES string of the molecule is COc1ccc(CC2=NCC(CCN)O2)cc1. The summed E-state index contributed by atoms with van der Waals surface area (Å²) in [6, 6.07) is 7.95. The van der Waals surface area contributed by atoms with Gasteiger partial charge >= 0.3 is 0 Å². The van der Waals surface area contributed by atoms with E-state index in [9.17, 15) is 0 Å². The zero-order valence-corrected chi connectivity index (χ0v) is 10.1. The molecule has 2 N–H and O–H groups in total. The number of hydrogen-bond donors (Lipinski definition) is 1. The Morgan fingerprint density at radius 2 is 2.18 bits per heavy atom. The van der Waals surface area contributed by atoms with Gasteiger partial charge in [0.05, 0.1) is 13.7 Å². The number of aliphatic imine (C=N–C) groups is 1. The first-order chi connectivity index (χ1) is 8.31. The van der Waals surface area contributed by atoms with Crippen molar-refractivity contribution in [1.82, 2.24) is 0 Å². The van der Waals surface area contributed by atoms with Crippen molar-refractivity contribution in [1.29, 1.82) is 0 Å². The normalized spacial score (nSPS) is 18.7. The van der Waals surface area contributed by atoms with E-state index in [-0.39, 0.29) is 6.10 Å². The fourth-order valence-corrected chi connectivity index (χ4v) is 1.82. The van der Waals surface area contributed by atoms with E-state index in [4.69, 9.17) is 15.2 Å². The molecule has 1 atom stereocenters. The molecule has 0 bridgehead atoms. The first-order valence-electron chi connectivity index (χ1n) is 5.85. The largest absolute Gasteiger partial charge is 0.497 e. The molecule has 1 heterocycles. The Balaban J connectivity index is 1.89. The standard InChI is InChI=1S/C13H18N2O2/c1-16-11-4-2-10(3-5-11)8-13-15-9-12(17-13)6-7-14/h2-5,12H,6-9,14H2,1H3. The Morgan fingerprint density at radius 1 is 1.41 bits per heavy atom. The number of hydrogen-bond acceptors (Lipinski definition) is 4. The van der Waals surface area contributed by atoms with Crippen LogP contribution in [0, 0.1) is 0 Å². The van der Waals surface area contributed by atoms with Crippen LogP contribution in [-0.4, -0.2) is 32.2 Å². The quantitative estimate of drug-likeness (QED) is 0.837. The van der Waals surface area contributed by atoms with Crippen LogP contribution in [0.5, 0.6) is 5.75 Å². The molecule has 0 aromatic heterocycles. The highest BCUT2D eigenvalue weighted by Crippen LogP contribution is 2.15. The second-order valence-corrected chi connectivity index (χ2v) is 4.08. The van der Waals surface area contributed by atoms with E-state index in [1.807, 2.05) is 24.3 Å². The molecule has 1 aliphatic heterocycles. The summed E-state index contributed by atoms with van der Waals surface area (Å²) >= 11 is 0. The average molecular weight is 234 g/mol. The molecule has 2 rings (SSSR count). The fraction of sp³-hybridized carbons (Fsp3) is 0.462. The van der Waals surface area contributed by atoms with Crippen LogP contribution in [0.25, 0.3) is 0 Å². The van der Waals surface area contributed by atoms with Gasteiger partial charge in [0, 0.05) is 6.42 Å². The van der Waals surface area contributed by atoms with E-state index in [1.54, 1.807) is 7.11 Å². The van der Waals surface area contributed by atoms with Crippen LogP contribution in [0.1, 0.15) is 12.0 Å². The van der Waals surface area contributed by atoms with Gasteiger partial charge < -0.3 is 15.2 Å².